The van der Waals surface area contributed by atoms with Gasteiger partial charge in [0.1, 0.15) is 5.76 Å². The Labute approximate surface area is 110 Å². The largest absolute Gasteiger partial charge is 0.468 e. The van der Waals surface area contributed by atoms with Crippen molar-refractivity contribution >= 4 is 22.1 Å². The van der Waals surface area contributed by atoms with Crippen molar-refractivity contribution < 1.29 is 17.6 Å². The molecular weight excluding hydrogens is 268 g/mol. The first-order chi connectivity index (χ1) is 9.12. The van der Waals surface area contributed by atoms with Crippen molar-refractivity contribution in [1.82, 2.24) is 4.72 Å². The molecule has 2 rings (SSSR count). The van der Waals surface area contributed by atoms with Gasteiger partial charge < -0.3 is 9.73 Å². The summed E-state index contributed by atoms with van der Waals surface area (Å²) in [5, 5.41) is 2.43. The van der Waals surface area contributed by atoms with E-state index in [1.165, 1.54) is 30.5 Å². The van der Waals surface area contributed by atoms with Crippen LogP contribution in [0.3, 0.4) is 0 Å². The summed E-state index contributed by atoms with van der Waals surface area (Å²) in [5.41, 5.74) is 0.528. The number of amides is 1. The molecule has 0 unspecified atom stereocenters. The minimum absolute atomic E-state index is 0.0870. The number of nitrogens with one attached hydrogen (secondary N) is 2. The van der Waals surface area contributed by atoms with Gasteiger partial charge >= 0.3 is 0 Å². The van der Waals surface area contributed by atoms with Crippen molar-refractivity contribution in [3.63, 3.8) is 0 Å². The molecule has 0 bridgehead atoms. The number of carbonyl (C=O) groups is 1. The molecule has 7 heteroatoms. The molecule has 1 aromatic carbocycles. The van der Waals surface area contributed by atoms with Crippen molar-refractivity contribution in [3.05, 3.63) is 48.4 Å². The zero-order valence-electron chi connectivity index (χ0n) is 9.87. The normalized spacial score (nSPS) is 11.2. The molecule has 0 saturated heterocycles. The molecule has 0 spiro atoms. The molecule has 6 nitrogen and oxygen atoms in total. The SMILES string of the molecule is O=CNc1ccc(S(=O)(=O)NCc2ccco2)cc1. The molecule has 1 aromatic heterocycles. The summed E-state index contributed by atoms with van der Waals surface area (Å²) in [6.07, 6.45) is 2.00. The zero-order valence-corrected chi connectivity index (χ0v) is 10.7. The van der Waals surface area contributed by atoms with Gasteiger partial charge in [-0.05, 0) is 36.4 Å². The summed E-state index contributed by atoms with van der Waals surface area (Å²) in [6.45, 7) is 0.0870. The predicted octanol–water partition coefficient (Wildman–Crippen LogP) is 1.33. The molecule has 100 valence electrons. The molecule has 0 aliphatic rings. The molecule has 2 aromatic rings. The molecule has 0 atom stereocenters. The third-order valence-corrected chi connectivity index (χ3v) is 3.82. The predicted molar refractivity (Wildman–Crippen MR) is 68.9 cm³/mol. The van der Waals surface area contributed by atoms with Gasteiger partial charge in [0, 0.05) is 5.69 Å². The number of sulfonamides is 1. The van der Waals surface area contributed by atoms with Crippen molar-refractivity contribution in [2.24, 2.45) is 0 Å². The molecule has 0 aliphatic carbocycles. The minimum atomic E-state index is -3.59. The summed E-state index contributed by atoms with van der Waals surface area (Å²) in [6, 6.07) is 9.21. The van der Waals surface area contributed by atoms with E-state index >= 15 is 0 Å². The molecule has 2 N–H and O–H groups in total. The minimum Gasteiger partial charge on any atom is -0.468 e. The van der Waals surface area contributed by atoms with Crippen molar-refractivity contribution in [2.75, 3.05) is 5.32 Å². The summed E-state index contributed by atoms with van der Waals surface area (Å²) >= 11 is 0. The molecule has 19 heavy (non-hydrogen) atoms. The summed E-state index contributed by atoms with van der Waals surface area (Å²) in [5.74, 6) is 0.530. The fourth-order valence-corrected chi connectivity index (χ4v) is 2.45. The maximum atomic E-state index is 12.0. The van der Waals surface area contributed by atoms with Crippen LogP contribution in [0.15, 0.2) is 52.0 Å². The van der Waals surface area contributed by atoms with E-state index in [9.17, 15) is 13.2 Å². The van der Waals surface area contributed by atoms with Crippen LogP contribution in [0.2, 0.25) is 0 Å². The number of benzene rings is 1. The topological polar surface area (TPSA) is 88.4 Å². The summed E-state index contributed by atoms with van der Waals surface area (Å²) in [4.78, 5) is 10.4. The number of hydrogen-bond acceptors (Lipinski definition) is 4. The first-order valence-electron chi connectivity index (χ1n) is 5.44. The van der Waals surface area contributed by atoms with Gasteiger partial charge in [-0.25, -0.2) is 13.1 Å². The first kappa shape index (κ1) is 13.3. The second-order valence-electron chi connectivity index (χ2n) is 3.69. The Kier molecular flexibility index (Phi) is 3.98. The summed E-state index contributed by atoms with van der Waals surface area (Å²) in [7, 11) is -3.59. The van der Waals surface area contributed by atoms with Gasteiger partial charge in [-0.15, -0.1) is 0 Å². The van der Waals surface area contributed by atoms with Gasteiger partial charge in [0.2, 0.25) is 16.4 Å². The highest BCUT2D eigenvalue weighted by molar-refractivity contribution is 7.89. The summed E-state index contributed by atoms with van der Waals surface area (Å²) < 4.78 is 31.4. The highest BCUT2D eigenvalue weighted by atomic mass is 32.2. The Morgan fingerprint density at radius 3 is 2.47 bits per heavy atom. The van der Waals surface area contributed by atoms with Gasteiger partial charge in [0.25, 0.3) is 0 Å². The molecular formula is C12H12N2O4S. The second kappa shape index (κ2) is 5.68. The van der Waals surface area contributed by atoms with Crippen LogP contribution in [0.1, 0.15) is 5.76 Å². The van der Waals surface area contributed by atoms with Crippen LogP contribution in [-0.4, -0.2) is 14.8 Å². The molecule has 1 amide bonds. The van der Waals surface area contributed by atoms with E-state index in [-0.39, 0.29) is 11.4 Å². The van der Waals surface area contributed by atoms with Gasteiger partial charge in [0.05, 0.1) is 17.7 Å². The highest BCUT2D eigenvalue weighted by Gasteiger charge is 2.13. The van der Waals surface area contributed by atoms with E-state index in [0.717, 1.165) is 0 Å². The van der Waals surface area contributed by atoms with E-state index in [1.54, 1.807) is 12.1 Å². The first-order valence-corrected chi connectivity index (χ1v) is 6.92. The van der Waals surface area contributed by atoms with E-state index in [4.69, 9.17) is 4.42 Å². The second-order valence-corrected chi connectivity index (χ2v) is 5.46. The maximum Gasteiger partial charge on any atom is 0.240 e. The number of anilines is 1. The Bertz CT molecular complexity index is 633. The lowest BCUT2D eigenvalue weighted by Crippen LogP contribution is -2.22. The van der Waals surface area contributed by atoms with Gasteiger partial charge in [-0.2, -0.15) is 0 Å². The van der Waals surface area contributed by atoms with Crippen molar-refractivity contribution in [3.8, 4) is 0 Å². The van der Waals surface area contributed by atoms with E-state index in [0.29, 0.717) is 17.9 Å². The Morgan fingerprint density at radius 1 is 1.16 bits per heavy atom. The third kappa shape index (κ3) is 3.43. The number of hydrogen-bond donors (Lipinski definition) is 2. The lowest BCUT2D eigenvalue weighted by molar-refractivity contribution is -0.105. The molecule has 0 saturated carbocycles. The number of carbonyl (C=O) groups excluding carboxylic acids is 1. The molecule has 0 aliphatic heterocycles. The number of furan rings is 1. The molecule has 0 fully saturated rings. The van der Waals surface area contributed by atoms with E-state index in [2.05, 4.69) is 10.0 Å². The van der Waals surface area contributed by atoms with Crippen molar-refractivity contribution in [1.29, 1.82) is 0 Å². The van der Waals surface area contributed by atoms with Crippen LogP contribution in [-0.2, 0) is 21.4 Å². The van der Waals surface area contributed by atoms with E-state index in [1.807, 2.05) is 0 Å². The van der Waals surface area contributed by atoms with Crippen LogP contribution in [0.4, 0.5) is 5.69 Å². The Balaban J connectivity index is 2.08. The number of rotatable bonds is 6. The van der Waals surface area contributed by atoms with Gasteiger partial charge in [-0.1, -0.05) is 0 Å². The van der Waals surface area contributed by atoms with Gasteiger partial charge in [0.15, 0.2) is 0 Å². The lowest BCUT2D eigenvalue weighted by atomic mass is 10.3. The molecule has 0 radical (unpaired) electrons. The third-order valence-electron chi connectivity index (χ3n) is 2.41. The lowest BCUT2D eigenvalue weighted by Gasteiger charge is -2.06. The standard InChI is InChI=1S/C12H12N2O4S/c15-9-13-10-3-5-12(6-4-10)19(16,17)14-8-11-2-1-7-18-11/h1-7,9,14H,8H2,(H,13,15). The Morgan fingerprint density at radius 2 is 1.89 bits per heavy atom. The fourth-order valence-electron chi connectivity index (χ4n) is 1.46. The van der Waals surface area contributed by atoms with Crippen LogP contribution < -0.4 is 10.0 Å². The average Bonchev–Trinajstić information content (AvgIpc) is 2.91. The fraction of sp³-hybridized carbons (Fsp3) is 0.0833. The smallest absolute Gasteiger partial charge is 0.240 e. The quantitative estimate of drug-likeness (QED) is 0.781. The van der Waals surface area contributed by atoms with E-state index < -0.39 is 10.0 Å². The van der Waals surface area contributed by atoms with Gasteiger partial charge in [-0.3, -0.25) is 4.79 Å². The maximum absolute atomic E-state index is 12.0. The van der Waals surface area contributed by atoms with Crippen LogP contribution in [0.25, 0.3) is 0 Å². The van der Waals surface area contributed by atoms with Crippen LogP contribution in [0.5, 0.6) is 0 Å². The van der Waals surface area contributed by atoms with Crippen LogP contribution in [0, 0.1) is 0 Å². The average molecular weight is 280 g/mol. The monoisotopic (exact) mass is 280 g/mol. The van der Waals surface area contributed by atoms with Crippen LogP contribution >= 0.6 is 0 Å². The van der Waals surface area contributed by atoms with Crippen molar-refractivity contribution in [2.45, 2.75) is 11.4 Å². The molecule has 1 heterocycles. The Hall–Kier alpha value is -2.12. The zero-order chi connectivity index (χ0) is 13.7. The highest BCUT2D eigenvalue weighted by Crippen LogP contribution is 2.14.